The summed E-state index contributed by atoms with van der Waals surface area (Å²) in [7, 11) is 0. The number of benzene rings is 2. The maximum Gasteiger partial charge on any atom is 0.225 e. The van der Waals surface area contributed by atoms with E-state index in [4.69, 9.17) is 0 Å². The first-order chi connectivity index (χ1) is 13.2. The Bertz CT molecular complexity index is 743. The lowest BCUT2D eigenvalue weighted by molar-refractivity contribution is -0.136. The van der Waals surface area contributed by atoms with Gasteiger partial charge in [0, 0.05) is 56.6 Å². The van der Waals surface area contributed by atoms with Crippen LogP contribution in [0.1, 0.15) is 18.4 Å². The van der Waals surface area contributed by atoms with Crippen molar-refractivity contribution in [3.8, 4) is 0 Å². The van der Waals surface area contributed by atoms with E-state index in [2.05, 4.69) is 70.2 Å². The summed E-state index contributed by atoms with van der Waals surface area (Å²) in [5, 5.41) is 0. The van der Waals surface area contributed by atoms with Crippen molar-refractivity contribution in [3.63, 3.8) is 0 Å². The third-order valence-corrected chi connectivity index (χ3v) is 5.96. The van der Waals surface area contributed by atoms with E-state index in [0.29, 0.717) is 5.91 Å². The minimum absolute atomic E-state index is 0.190. The molecule has 0 bridgehead atoms. The van der Waals surface area contributed by atoms with Crippen LogP contribution in [0.2, 0.25) is 0 Å². The van der Waals surface area contributed by atoms with Crippen molar-refractivity contribution in [1.29, 1.82) is 0 Å². The number of carbonyl (C=O) groups is 1. The molecule has 0 aliphatic carbocycles. The average molecular weight is 364 g/mol. The number of piperidine rings is 1. The minimum Gasteiger partial charge on any atom is -0.371 e. The fourth-order valence-corrected chi connectivity index (χ4v) is 4.22. The molecular weight excluding hydrogens is 334 g/mol. The molecule has 2 aromatic rings. The number of piperazine rings is 1. The molecule has 4 nitrogen and oxygen atoms in total. The molecule has 4 rings (SSSR count). The second kappa shape index (κ2) is 8.03. The van der Waals surface area contributed by atoms with E-state index in [-0.39, 0.29) is 5.92 Å². The van der Waals surface area contributed by atoms with E-state index < -0.39 is 0 Å². The number of hydrogen-bond acceptors (Lipinski definition) is 3. The number of hydrogen-bond donors (Lipinski definition) is 0. The first-order valence-corrected chi connectivity index (χ1v) is 10.1. The van der Waals surface area contributed by atoms with Crippen LogP contribution in [0, 0.1) is 12.8 Å². The second-order valence-corrected chi connectivity index (χ2v) is 7.74. The Morgan fingerprint density at radius 3 is 1.93 bits per heavy atom. The molecule has 4 heteroatoms. The number of nitrogens with zero attached hydrogens (tertiary/aromatic N) is 3. The lowest BCUT2D eigenvalue weighted by atomic mass is 9.94. The topological polar surface area (TPSA) is 26.8 Å². The van der Waals surface area contributed by atoms with Gasteiger partial charge in [0.05, 0.1) is 0 Å². The molecule has 0 atom stereocenters. The molecule has 2 aromatic carbocycles. The number of anilines is 2. The molecule has 2 saturated heterocycles. The molecule has 0 aromatic heterocycles. The first-order valence-electron chi connectivity index (χ1n) is 10.1. The summed E-state index contributed by atoms with van der Waals surface area (Å²) in [4.78, 5) is 19.9. The Morgan fingerprint density at radius 2 is 1.30 bits per heavy atom. The largest absolute Gasteiger partial charge is 0.371 e. The molecular formula is C23H29N3O. The SMILES string of the molecule is Cc1ccc(N2CCC(C(=O)N3CCN(c4ccccc4)CC3)CC2)cc1. The standard InChI is InChI=1S/C23H29N3O/c1-19-7-9-22(10-8-19)24-13-11-20(12-14-24)23(27)26-17-15-25(16-18-26)21-5-3-2-4-6-21/h2-10,20H,11-18H2,1H3. The molecule has 142 valence electrons. The average Bonchev–Trinajstić information content (AvgIpc) is 2.75. The lowest BCUT2D eigenvalue weighted by Gasteiger charge is -2.39. The van der Waals surface area contributed by atoms with Crippen molar-refractivity contribution >= 4 is 17.3 Å². The molecule has 0 N–H and O–H groups in total. The van der Waals surface area contributed by atoms with Gasteiger partial charge in [0.1, 0.15) is 0 Å². The maximum absolute atomic E-state index is 13.0. The monoisotopic (exact) mass is 363 g/mol. The zero-order valence-electron chi connectivity index (χ0n) is 16.2. The van der Waals surface area contributed by atoms with E-state index >= 15 is 0 Å². The van der Waals surface area contributed by atoms with Crippen LogP contribution in [-0.4, -0.2) is 50.1 Å². The van der Waals surface area contributed by atoms with E-state index in [1.807, 2.05) is 6.07 Å². The molecule has 1 amide bonds. The molecule has 2 heterocycles. The van der Waals surface area contributed by atoms with Gasteiger partial charge >= 0.3 is 0 Å². The Hall–Kier alpha value is -2.49. The number of rotatable bonds is 3. The van der Waals surface area contributed by atoms with Crippen LogP contribution in [0.15, 0.2) is 54.6 Å². The lowest BCUT2D eigenvalue weighted by Crippen LogP contribution is -2.51. The normalized spacial score (nSPS) is 18.6. The van der Waals surface area contributed by atoms with Gasteiger partial charge in [-0.1, -0.05) is 35.9 Å². The summed E-state index contributed by atoms with van der Waals surface area (Å²) in [6.45, 7) is 7.60. The first kappa shape index (κ1) is 17.9. The van der Waals surface area contributed by atoms with Gasteiger partial charge in [-0.2, -0.15) is 0 Å². The van der Waals surface area contributed by atoms with Gasteiger partial charge in [0.25, 0.3) is 0 Å². The van der Waals surface area contributed by atoms with Crippen molar-refractivity contribution in [1.82, 2.24) is 4.90 Å². The summed E-state index contributed by atoms with van der Waals surface area (Å²) in [5.41, 5.74) is 3.83. The fraction of sp³-hybridized carbons (Fsp3) is 0.435. The molecule has 2 aliphatic rings. The third kappa shape index (κ3) is 4.10. The van der Waals surface area contributed by atoms with Gasteiger partial charge < -0.3 is 14.7 Å². The Balaban J connectivity index is 1.28. The van der Waals surface area contributed by atoms with E-state index in [9.17, 15) is 4.79 Å². The molecule has 0 radical (unpaired) electrons. The molecule has 2 fully saturated rings. The van der Waals surface area contributed by atoms with Crippen molar-refractivity contribution in [3.05, 3.63) is 60.2 Å². The summed E-state index contributed by atoms with van der Waals surface area (Å²) < 4.78 is 0. The van der Waals surface area contributed by atoms with Gasteiger partial charge in [-0.3, -0.25) is 4.79 Å². The van der Waals surface area contributed by atoms with Gasteiger partial charge in [0.2, 0.25) is 5.91 Å². The maximum atomic E-state index is 13.0. The van der Waals surface area contributed by atoms with Crippen LogP contribution >= 0.6 is 0 Å². The van der Waals surface area contributed by atoms with Crippen molar-refractivity contribution in [2.45, 2.75) is 19.8 Å². The molecule has 0 unspecified atom stereocenters. The summed E-state index contributed by atoms with van der Waals surface area (Å²) in [5.74, 6) is 0.557. The molecule has 27 heavy (non-hydrogen) atoms. The van der Waals surface area contributed by atoms with Crippen molar-refractivity contribution < 1.29 is 4.79 Å². The van der Waals surface area contributed by atoms with Crippen molar-refractivity contribution in [2.75, 3.05) is 49.1 Å². The minimum atomic E-state index is 0.190. The quantitative estimate of drug-likeness (QED) is 0.834. The van der Waals surface area contributed by atoms with Crippen LogP contribution in [0.4, 0.5) is 11.4 Å². The highest BCUT2D eigenvalue weighted by atomic mass is 16.2. The molecule has 2 aliphatic heterocycles. The van der Waals surface area contributed by atoms with Crippen LogP contribution in [-0.2, 0) is 4.79 Å². The van der Waals surface area contributed by atoms with E-state index in [1.54, 1.807) is 0 Å². The van der Waals surface area contributed by atoms with Gasteiger partial charge in [0.15, 0.2) is 0 Å². The fourth-order valence-electron chi connectivity index (χ4n) is 4.22. The van der Waals surface area contributed by atoms with Crippen molar-refractivity contribution in [2.24, 2.45) is 5.92 Å². The van der Waals surface area contributed by atoms with Crippen LogP contribution in [0.5, 0.6) is 0 Å². The summed E-state index contributed by atoms with van der Waals surface area (Å²) >= 11 is 0. The highest BCUT2D eigenvalue weighted by Crippen LogP contribution is 2.26. The summed E-state index contributed by atoms with van der Waals surface area (Å²) in [6, 6.07) is 19.2. The zero-order chi connectivity index (χ0) is 18.6. The Labute approximate surface area is 162 Å². The molecule has 0 saturated carbocycles. The highest BCUT2D eigenvalue weighted by molar-refractivity contribution is 5.79. The Morgan fingerprint density at radius 1 is 0.741 bits per heavy atom. The third-order valence-electron chi connectivity index (χ3n) is 5.96. The van der Waals surface area contributed by atoms with Crippen LogP contribution in [0.25, 0.3) is 0 Å². The predicted molar refractivity (Wildman–Crippen MR) is 111 cm³/mol. The summed E-state index contributed by atoms with van der Waals surface area (Å²) in [6.07, 6.45) is 1.93. The predicted octanol–water partition coefficient (Wildman–Crippen LogP) is 3.56. The number of aryl methyl sites for hydroxylation is 1. The molecule has 0 spiro atoms. The van der Waals surface area contributed by atoms with Gasteiger partial charge in [-0.25, -0.2) is 0 Å². The van der Waals surface area contributed by atoms with Gasteiger partial charge in [-0.15, -0.1) is 0 Å². The number of carbonyl (C=O) groups excluding carboxylic acids is 1. The smallest absolute Gasteiger partial charge is 0.225 e. The van der Waals surface area contributed by atoms with E-state index in [1.165, 1.54) is 16.9 Å². The number of para-hydroxylation sites is 1. The number of amides is 1. The van der Waals surface area contributed by atoms with E-state index in [0.717, 1.165) is 52.1 Å². The highest BCUT2D eigenvalue weighted by Gasteiger charge is 2.30. The van der Waals surface area contributed by atoms with Crippen LogP contribution in [0.3, 0.4) is 0 Å². The zero-order valence-corrected chi connectivity index (χ0v) is 16.2. The Kier molecular flexibility index (Phi) is 5.33. The second-order valence-electron chi connectivity index (χ2n) is 7.74. The van der Waals surface area contributed by atoms with Gasteiger partial charge in [-0.05, 0) is 44.0 Å². The van der Waals surface area contributed by atoms with Crippen LogP contribution < -0.4 is 9.80 Å².